The molecule has 1 amide bonds. The lowest BCUT2D eigenvalue weighted by molar-refractivity contribution is -0.121. The van der Waals surface area contributed by atoms with Gasteiger partial charge in [0.2, 0.25) is 11.8 Å². The van der Waals surface area contributed by atoms with Crippen LogP contribution in [0.1, 0.15) is 44.7 Å². The third-order valence-corrected chi connectivity index (χ3v) is 5.87. The number of oxazole rings is 1. The summed E-state index contributed by atoms with van der Waals surface area (Å²) in [5.41, 5.74) is 1.75. The van der Waals surface area contributed by atoms with Crippen LogP contribution in [0, 0.1) is 0 Å². The number of nitrogens with zero attached hydrogens (tertiary/aromatic N) is 1. The molecule has 0 spiro atoms. The largest absolute Gasteiger partial charge is 0.497 e. The van der Waals surface area contributed by atoms with Crippen molar-refractivity contribution in [2.75, 3.05) is 7.11 Å². The Kier molecular flexibility index (Phi) is 6.61. The van der Waals surface area contributed by atoms with E-state index in [0.29, 0.717) is 17.7 Å². The summed E-state index contributed by atoms with van der Waals surface area (Å²) < 4.78 is 10.7. The molecule has 0 saturated heterocycles. The number of carbonyl (C=O) groups is 1. The molecule has 1 fully saturated rings. The van der Waals surface area contributed by atoms with Crippen molar-refractivity contribution in [3.05, 3.63) is 36.2 Å². The van der Waals surface area contributed by atoms with Gasteiger partial charge in [-0.05, 0) is 44.0 Å². The molecule has 1 heterocycles. The van der Waals surface area contributed by atoms with Gasteiger partial charge in [0.1, 0.15) is 12.0 Å². The van der Waals surface area contributed by atoms with Crippen LogP contribution < -0.4 is 10.1 Å². The third-order valence-electron chi connectivity index (χ3n) is 4.69. The van der Waals surface area contributed by atoms with Crippen molar-refractivity contribution in [3.8, 4) is 17.2 Å². The second-order valence-electron chi connectivity index (χ2n) is 6.67. The summed E-state index contributed by atoms with van der Waals surface area (Å²) in [7, 11) is 1.64. The minimum atomic E-state index is -0.0990. The fraction of sp³-hybridized carbons (Fsp3) is 0.500. The van der Waals surface area contributed by atoms with E-state index in [-0.39, 0.29) is 11.2 Å². The molecule has 1 aromatic heterocycles. The van der Waals surface area contributed by atoms with Crippen LogP contribution in [0.2, 0.25) is 0 Å². The molecule has 0 bridgehead atoms. The number of rotatable bonds is 7. The first-order chi connectivity index (χ1) is 12.7. The average molecular weight is 375 g/mol. The Morgan fingerprint density at radius 3 is 2.73 bits per heavy atom. The summed E-state index contributed by atoms with van der Waals surface area (Å²) in [6.45, 7) is 1.95. The standard InChI is InChI=1S/C20H26N2O3S/c1-14(19(23)21-16-6-4-3-5-7-16)26-13-17-12-25-20(22-17)15-8-10-18(24-2)11-9-15/h8-12,14,16H,3-7,13H2,1-2H3,(H,21,23). The van der Waals surface area contributed by atoms with E-state index >= 15 is 0 Å². The van der Waals surface area contributed by atoms with Gasteiger partial charge in [0.05, 0.1) is 18.1 Å². The molecule has 1 aliphatic rings. The molecular formula is C20H26N2O3S. The van der Waals surface area contributed by atoms with Gasteiger partial charge in [-0.25, -0.2) is 4.98 Å². The Morgan fingerprint density at radius 2 is 2.04 bits per heavy atom. The molecule has 1 atom stereocenters. The molecule has 1 aliphatic carbocycles. The smallest absolute Gasteiger partial charge is 0.233 e. The SMILES string of the molecule is COc1ccc(-c2nc(CSC(C)C(=O)NC3CCCCC3)co2)cc1. The molecule has 2 aromatic rings. The Balaban J connectivity index is 1.49. The molecular weight excluding hydrogens is 348 g/mol. The lowest BCUT2D eigenvalue weighted by Gasteiger charge is -2.24. The molecule has 3 rings (SSSR count). The minimum Gasteiger partial charge on any atom is -0.497 e. The monoisotopic (exact) mass is 374 g/mol. The molecule has 5 nitrogen and oxygen atoms in total. The van der Waals surface area contributed by atoms with E-state index in [2.05, 4.69) is 10.3 Å². The van der Waals surface area contributed by atoms with E-state index in [1.807, 2.05) is 31.2 Å². The topological polar surface area (TPSA) is 64.4 Å². The first kappa shape index (κ1) is 18.8. The van der Waals surface area contributed by atoms with Crippen LogP contribution >= 0.6 is 11.8 Å². The molecule has 140 valence electrons. The Labute approximate surface area is 158 Å². The van der Waals surface area contributed by atoms with Gasteiger partial charge >= 0.3 is 0 Å². The first-order valence-electron chi connectivity index (χ1n) is 9.16. The number of aromatic nitrogens is 1. The zero-order valence-electron chi connectivity index (χ0n) is 15.4. The number of benzene rings is 1. The Morgan fingerprint density at radius 1 is 1.31 bits per heavy atom. The van der Waals surface area contributed by atoms with Gasteiger partial charge in [-0.2, -0.15) is 0 Å². The number of thioether (sulfide) groups is 1. The highest BCUT2D eigenvalue weighted by Crippen LogP contribution is 2.25. The lowest BCUT2D eigenvalue weighted by atomic mass is 9.95. The zero-order valence-corrected chi connectivity index (χ0v) is 16.2. The number of hydrogen-bond acceptors (Lipinski definition) is 5. The molecule has 26 heavy (non-hydrogen) atoms. The first-order valence-corrected chi connectivity index (χ1v) is 10.2. The summed E-state index contributed by atoms with van der Waals surface area (Å²) in [5, 5.41) is 3.08. The van der Waals surface area contributed by atoms with Gasteiger partial charge in [-0.3, -0.25) is 4.79 Å². The van der Waals surface area contributed by atoms with E-state index in [1.165, 1.54) is 19.3 Å². The van der Waals surface area contributed by atoms with Gasteiger partial charge in [-0.15, -0.1) is 11.8 Å². The predicted molar refractivity (Wildman–Crippen MR) is 104 cm³/mol. The maximum Gasteiger partial charge on any atom is 0.233 e. The van der Waals surface area contributed by atoms with Gasteiger partial charge < -0.3 is 14.5 Å². The number of carbonyl (C=O) groups excluding carboxylic acids is 1. The van der Waals surface area contributed by atoms with Gasteiger partial charge in [-0.1, -0.05) is 19.3 Å². The van der Waals surface area contributed by atoms with E-state index < -0.39 is 0 Å². The normalized spacial score (nSPS) is 16.2. The second-order valence-corrected chi connectivity index (χ2v) is 8.00. The van der Waals surface area contributed by atoms with Crippen molar-refractivity contribution in [2.24, 2.45) is 0 Å². The van der Waals surface area contributed by atoms with E-state index in [9.17, 15) is 4.79 Å². The van der Waals surface area contributed by atoms with Crippen LogP contribution in [0.4, 0.5) is 0 Å². The summed E-state index contributed by atoms with van der Waals surface area (Å²) in [5.74, 6) is 2.16. The summed E-state index contributed by atoms with van der Waals surface area (Å²) in [4.78, 5) is 16.9. The maximum atomic E-state index is 12.3. The highest BCUT2D eigenvalue weighted by Gasteiger charge is 2.20. The van der Waals surface area contributed by atoms with Gasteiger partial charge in [0.25, 0.3) is 0 Å². The van der Waals surface area contributed by atoms with Crippen LogP contribution in [0.15, 0.2) is 34.9 Å². The molecule has 0 radical (unpaired) electrons. The number of hydrogen-bond donors (Lipinski definition) is 1. The fourth-order valence-electron chi connectivity index (χ4n) is 3.09. The van der Waals surface area contributed by atoms with E-state index in [0.717, 1.165) is 29.8 Å². The summed E-state index contributed by atoms with van der Waals surface area (Å²) >= 11 is 1.59. The van der Waals surface area contributed by atoms with Crippen LogP contribution in [0.5, 0.6) is 5.75 Å². The maximum absolute atomic E-state index is 12.3. The van der Waals surface area contributed by atoms with E-state index in [1.54, 1.807) is 25.1 Å². The summed E-state index contributed by atoms with van der Waals surface area (Å²) in [6, 6.07) is 7.95. The Bertz CT molecular complexity index is 708. The zero-order chi connectivity index (χ0) is 18.4. The van der Waals surface area contributed by atoms with Crippen molar-refractivity contribution >= 4 is 17.7 Å². The van der Waals surface area contributed by atoms with Gasteiger partial charge in [0, 0.05) is 17.4 Å². The molecule has 1 aromatic carbocycles. The fourth-order valence-corrected chi connectivity index (χ4v) is 3.86. The van der Waals surface area contributed by atoms with E-state index in [4.69, 9.17) is 9.15 Å². The number of amides is 1. The van der Waals surface area contributed by atoms with Crippen molar-refractivity contribution in [3.63, 3.8) is 0 Å². The molecule has 1 N–H and O–H groups in total. The van der Waals surface area contributed by atoms with Crippen molar-refractivity contribution < 1.29 is 13.9 Å². The van der Waals surface area contributed by atoms with Crippen LogP contribution in [0.3, 0.4) is 0 Å². The number of methoxy groups -OCH3 is 1. The molecule has 6 heteroatoms. The van der Waals surface area contributed by atoms with Crippen molar-refractivity contribution in [1.29, 1.82) is 0 Å². The predicted octanol–water partition coefficient (Wildman–Crippen LogP) is 4.42. The minimum absolute atomic E-state index is 0.0990. The molecule has 0 aliphatic heterocycles. The highest BCUT2D eigenvalue weighted by molar-refractivity contribution is 7.99. The van der Waals surface area contributed by atoms with Crippen LogP contribution in [-0.4, -0.2) is 29.3 Å². The van der Waals surface area contributed by atoms with Crippen LogP contribution in [0.25, 0.3) is 11.5 Å². The van der Waals surface area contributed by atoms with Crippen molar-refractivity contribution in [2.45, 2.75) is 56.1 Å². The lowest BCUT2D eigenvalue weighted by Crippen LogP contribution is -2.40. The van der Waals surface area contributed by atoms with Crippen molar-refractivity contribution in [1.82, 2.24) is 10.3 Å². The average Bonchev–Trinajstić information content (AvgIpc) is 3.16. The van der Waals surface area contributed by atoms with Crippen LogP contribution in [-0.2, 0) is 10.5 Å². The summed E-state index contributed by atoms with van der Waals surface area (Å²) in [6.07, 6.45) is 7.62. The molecule has 1 unspecified atom stereocenters. The molecule has 1 saturated carbocycles. The Hall–Kier alpha value is -1.95. The second kappa shape index (κ2) is 9.12. The highest BCUT2D eigenvalue weighted by atomic mass is 32.2. The third kappa shape index (κ3) is 5.04. The van der Waals surface area contributed by atoms with Gasteiger partial charge in [0.15, 0.2) is 0 Å². The number of ether oxygens (including phenoxy) is 1. The number of nitrogens with one attached hydrogen (secondary N) is 1. The quantitative estimate of drug-likeness (QED) is 0.777.